The Hall–Kier alpha value is -3.88. The highest BCUT2D eigenvalue weighted by molar-refractivity contribution is 6.36. The Balaban J connectivity index is 2.00. The maximum Gasteiger partial charge on any atom is 0.294 e. The largest absolute Gasteiger partial charge is 0.495 e. The highest BCUT2D eigenvalue weighted by Gasteiger charge is 2.33. The molecule has 130 valence electrons. The Morgan fingerprint density at radius 2 is 2.19 bits per heavy atom. The molecule has 1 aliphatic heterocycles. The van der Waals surface area contributed by atoms with Gasteiger partial charge in [0.1, 0.15) is 11.4 Å². The number of carbonyl (C=O) groups is 1. The molecule has 9 heteroatoms. The van der Waals surface area contributed by atoms with Crippen LogP contribution in [0.2, 0.25) is 0 Å². The van der Waals surface area contributed by atoms with E-state index in [9.17, 15) is 14.9 Å². The lowest BCUT2D eigenvalue weighted by atomic mass is 10.0. The molecule has 9 nitrogen and oxygen atoms in total. The summed E-state index contributed by atoms with van der Waals surface area (Å²) in [6.45, 7) is 0. The summed E-state index contributed by atoms with van der Waals surface area (Å²) >= 11 is 0. The Kier molecular flexibility index (Phi) is 3.54. The smallest absolute Gasteiger partial charge is 0.294 e. The second-order valence-corrected chi connectivity index (χ2v) is 5.55. The summed E-state index contributed by atoms with van der Waals surface area (Å²) in [6, 6.07) is 4.62. The van der Waals surface area contributed by atoms with Crippen molar-refractivity contribution >= 4 is 28.9 Å². The first kappa shape index (κ1) is 15.6. The van der Waals surface area contributed by atoms with Gasteiger partial charge in [-0.1, -0.05) is 0 Å². The summed E-state index contributed by atoms with van der Waals surface area (Å²) in [7, 11) is 1.52. The number of ether oxygens (including phenoxy) is 1. The zero-order valence-electron chi connectivity index (χ0n) is 13.6. The number of fused-ring (bicyclic) bond motifs is 1. The first-order valence-electron chi connectivity index (χ1n) is 7.64. The molecule has 0 saturated carbocycles. The fraction of sp³-hybridized carbons (Fsp3) is 0.0588. The number of aromatic amines is 1. The van der Waals surface area contributed by atoms with Crippen LogP contribution in [0, 0.1) is 10.1 Å². The molecule has 0 unspecified atom stereocenters. The standard InChI is InChI=1S/C17H13N5O4/c1-26-14-4-5-19-12(14)8-10-15-11(20-17(10)23)2-3-13(22(24)25)16(15)21-7-6-18-9-21/h2-9,19H,1H3,(H,20,23)/b10-8-. The Labute approximate surface area is 147 Å². The molecule has 0 aliphatic carbocycles. The molecule has 0 bridgehead atoms. The average Bonchev–Trinajstić information content (AvgIpc) is 3.35. The zero-order chi connectivity index (χ0) is 18.3. The molecule has 26 heavy (non-hydrogen) atoms. The maximum atomic E-state index is 12.5. The van der Waals surface area contributed by atoms with Crippen LogP contribution >= 0.6 is 0 Å². The van der Waals surface area contributed by atoms with Gasteiger partial charge in [-0.15, -0.1) is 0 Å². The van der Waals surface area contributed by atoms with E-state index in [1.165, 1.54) is 36.3 Å². The number of carbonyl (C=O) groups excluding carboxylic acids is 1. The van der Waals surface area contributed by atoms with Crippen molar-refractivity contribution in [2.45, 2.75) is 0 Å². The lowest BCUT2D eigenvalue weighted by Gasteiger charge is -2.10. The topological polar surface area (TPSA) is 115 Å². The van der Waals surface area contributed by atoms with Crippen molar-refractivity contribution in [3.05, 3.63) is 64.5 Å². The minimum atomic E-state index is -0.481. The quantitative estimate of drug-likeness (QED) is 0.426. The van der Waals surface area contributed by atoms with E-state index in [2.05, 4.69) is 15.3 Å². The van der Waals surface area contributed by atoms with Gasteiger partial charge in [-0.2, -0.15) is 0 Å². The van der Waals surface area contributed by atoms with Crippen LogP contribution in [-0.4, -0.2) is 32.5 Å². The zero-order valence-corrected chi connectivity index (χ0v) is 13.6. The van der Waals surface area contributed by atoms with Crippen molar-refractivity contribution in [1.82, 2.24) is 14.5 Å². The highest BCUT2D eigenvalue weighted by atomic mass is 16.6. The maximum absolute atomic E-state index is 12.5. The van der Waals surface area contributed by atoms with E-state index in [-0.39, 0.29) is 17.3 Å². The van der Waals surface area contributed by atoms with Gasteiger partial charge in [0.05, 0.1) is 35.3 Å². The fourth-order valence-electron chi connectivity index (χ4n) is 3.00. The number of rotatable bonds is 4. The lowest BCUT2D eigenvalue weighted by Crippen LogP contribution is -2.04. The molecule has 0 saturated heterocycles. The number of benzene rings is 1. The van der Waals surface area contributed by atoms with E-state index in [1.807, 2.05) is 0 Å². The molecule has 1 aliphatic rings. The molecule has 3 aromatic rings. The van der Waals surface area contributed by atoms with E-state index < -0.39 is 4.92 Å². The first-order chi connectivity index (χ1) is 12.6. The number of amides is 1. The Bertz CT molecular complexity index is 1050. The normalized spacial score (nSPS) is 14.3. The number of nitro benzene ring substituents is 1. The minimum Gasteiger partial charge on any atom is -0.495 e. The molecule has 0 spiro atoms. The second kappa shape index (κ2) is 5.88. The molecule has 2 N–H and O–H groups in total. The van der Waals surface area contributed by atoms with Gasteiger partial charge in [0.25, 0.3) is 11.6 Å². The van der Waals surface area contributed by atoms with Gasteiger partial charge < -0.3 is 15.0 Å². The van der Waals surface area contributed by atoms with Crippen LogP contribution in [0.1, 0.15) is 11.3 Å². The predicted molar refractivity (Wildman–Crippen MR) is 94.1 cm³/mol. The van der Waals surface area contributed by atoms with Crippen LogP contribution in [0.25, 0.3) is 17.3 Å². The van der Waals surface area contributed by atoms with Crippen LogP contribution in [0.5, 0.6) is 5.75 Å². The van der Waals surface area contributed by atoms with Crippen molar-refractivity contribution in [3.63, 3.8) is 0 Å². The lowest BCUT2D eigenvalue weighted by molar-refractivity contribution is -0.384. The summed E-state index contributed by atoms with van der Waals surface area (Å²) < 4.78 is 6.78. The van der Waals surface area contributed by atoms with E-state index in [1.54, 1.807) is 24.5 Å². The van der Waals surface area contributed by atoms with Crippen molar-refractivity contribution in [2.75, 3.05) is 12.4 Å². The molecule has 0 atom stereocenters. The van der Waals surface area contributed by atoms with E-state index in [0.717, 1.165) is 0 Å². The molecule has 4 rings (SSSR count). The molecule has 0 fully saturated rings. The number of imidazole rings is 1. The first-order valence-corrected chi connectivity index (χ1v) is 7.64. The van der Waals surface area contributed by atoms with E-state index >= 15 is 0 Å². The average molecular weight is 351 g/mol. The van der Waals surface area contributed by atoms with Gasteiger partial charge in [-0.05, 0) is 18.2 Å². The van der Waals surface area contributed by atoms with Crippen LogP contribution in [-0.2, 0) is 4.79 Å². The number of hydrogen-bond acceptors (Lipinski definition) is 5. The number of aromatic nitrogens is 3. The number of nitro groups is 1. The summed E-state index contributed by atoms with van der Waals surface area (Å²) in [5.74, 6) is 0.215. The van der Waals surface area contributed by atoms with Crippen LogP contribution in [0.4, 0.5) is 11.4 Å². The SMILES string of the molecule is COc1cc[nH]c1/C=C1\C(=O)Nc2ccc([N+](=O)[O-])c(-n3ccnc3)c21. The molecular weight excluding hydrogens is 338 g/mol. The van der Waals surface area contributed by atoms with Crippen molar-refractivity contribution in [1.29, 1.82) is 0 Å². The molecule has 1 aromatic carbocycles. The summed E-state index contributed by atoms with van der Waals surface area (Å²) in [5.41, 5.74) is 1.99. The van der Waals surface area contributed by atoms with Gasteiger partial charge in [-0.3, -0.25) is 19.5 Å². The van der Waals surface area contributed by atoms with Gasteiger partial charge >= 0.3 is 0 Å². The second-order valence-electron chi connectivity index (χ2n) is 5.55. The third-order valence-electron chi connectivity index (χ3n) is 4.13. The fourth-order valence-corrected chi connectivity index (χ4v) is 3.00. The summed E-state index contributed by atoms with van der Waals surface area (Å²) in [5, 5.41) is 14.3. The van der Waals surface area contributed by atoms with Crippen molar-refractivity contribution < 1.29 is 14.5 Å². The van der Waals surface area contributed by atoms with Gasteiger partial charge in [-0.25, -0.2) is 4.98 Å². The Morgan fingerprint density at radius 3 is 2.88 bits per heavy atom. The van der Waals surface area contributed by atoms with Gasteiger partial charge in [0.2, 0.25) is 0 Å². The molecule has 2 aromatic heterocycles. The number of nitrogens with zero attached hydrogens (tertiary/aromatic N) is 3. The van der Waals surface area contributed by atoms with Crippen molar-refractivity contribution in [2.24, 2.45) is 0 Å². The summed E-state index contributed by atoms with van der Waals surface area (Å²) in [4.78, 5) is 30.5. The number of H-pyrrole nitrogens is 1. The molecule has 1 amide bonds. The Morgan fingerprint density at radius 1 is 1.35 bits per heavy atom. The number of hydrogen-bond donors (Lipinski definition) is 2. The number of anilines is 1. The molecular formula is C17H13N5O4. The number of nitrogens with one attached hydrogen (secondary N) is 2. The summed E-state index contributed by atoms with van der Waals surface area (Å²) in [6.07, 6.45) is 7.87. The third kappa shape index (κ3) is 2.34. The molecule has 3 heterocycles. The van der Waals surface area contributed by atoms with Gasteiger partial charge in [0.15, 0.2) is 0 Å². The monoisotopic (exact) mass is 351 g/mol. The van der Waals surface area contributed by atoms with Crippen LogP contribution in [0.15, 0.2) is 43.1 Å². The third-order valence-corrected chi connectivity index (χ3v) is 4.13. The van der Waals surface area contributed by atoms with E-state index in [0.29, 0.717) is 28.3 Å². The minimum absolute atomic E-state index is 0.123. The van der Waals surface area contributed by atoms with Crippen molar-refractivity contribution in [3.8, 4) is 11.4 Å². The van der Waals surface area contributed by atoms with Crippen LogP contribution < -0.4 is 10.1 Å². The highest BCUT2D eigenvalue weighted by Crippen LogP contribution is 2.42. The van der Waals surface area contributed by atoms with Crippen LogP contribution in [0.3, 0.4) is 0 Å². The molecule has 0 radical (unpaired) electrons. The van der Waals surface area contributed by atoms with E-state index in [4.69, 9.17) is 4.74 Å². The predicted octanol–water partition coefficient (Wildman–Crippen LogP) is 2.61. The number of methoxy groups -OCH3 is 1. The van der Waals surface area contributed by atoms with Gasteiger partial charge in [0, 0.05) is 30.2 Å².